The molecule has 0 saturated heterocycles. The number of halogens is 1. The first kappa shape index (κ1) is 13.8. The number of carbonyl (C=O) groups excluding carboxylic acids is 1. The number of hydrogen-bond donors (Lipinski definition) is 1. The molecule has 6 heteroatoms. The Kier molecular flexibility index (Phi) is 4.49. The van der Waals surface area contributed by atoms with Crippen molar-refractivity contribution in [1.29, 1.82) is 0 Å². The van der Waals surface area contributed by atoms with Crippen molar-refractivity contribution in [3.05, 3.63) is 48.5 Å². The van der Waals surface area contributed by atoms with E-state index >= 15 is 0 Å². The predicted octanol–water partition coefficient (Wildman–Crippen LogP) is 2.25. The van der Waals surface area contributed by atoms with Crippen molar-refractivity contribution in [2.45, 2.75) is 0 Å². The highest BCUT2D eigenvalue weighted by Crippen LogP contribution is 2.15. The molecule has 0 bridgehead atoms. The number of hydrogen-bond acceptors (Lipinski definition) is 4. The van der Waals surface area contributed by atoms with Crippen LogP contribution >= 0.6 is 0 Å². The number of methoxy groups -OCH3 is 1. The smallest absolute Gasteiger partial charge is 0.262 e. The summed E-state index contributed by atoms with van der Waals surface area (Å²) >= 11 is 0. The third kappa shape index (κ3) is 3.68. The first-order valence-electron chi connectivity index (χ1n) is 5.86. The van der Waals surface area contributed by atoms with Gasteiger partial charge in [-0.25, -0.2) is 4.98 Å². The van der Waals surface area contributed by atoms with E-state index in [9.17, 15) is 9.18 Å². The van der Waals surface area contributed by atoms with Crippen molar-refractivity contribution in [1.82, 2.24) is 4.98 Å². The van der Waals surface area contributed by atoms with Gasteiger partial charge in [0.2, 0.25) is 0 Å². The molecule has 1 aromatic heterocycles. The summed E-state index contributed by atoms with van der Waals surface area (Å²) in [6, 6.07) is 9.76. The van der Waals surface area contributed by atoms with Crippen LogP contribution < -0.4 is 14.8 Å². The Morgan fingerprint density at radius 3 is 2.70 bits per heavy atom. The van der Waals surface area contributed by atoms with E-state index in [0.29, 0.717) is 11.4 Å². The van der Waals surface area contributed by atoms with Crippen molar-refractivity contribution in [2.75, 3.05) is 19.0 Å². The lowest BCUT2D eigenvalue weighted by atomic mass is 10.3. The SMILES string of the molecule is COc1ccc(NC(=O)COc2cccnc2F)cc1. The summed E-state index contributed by atoms with van der Waals surface area (Å²) in [6.07, 6.45) is 1.31. The number of rotatable bonds is 5. The van der Waals surface area contributed by atoms with E-state index in [4.69, 9.17) is 9.47 Å². The second-order valence-electron chi connectivity index (χ2n) is 3.86. The van der Waals surface area contributed by atoms with Gasteiger partial charge >= 0.3 is 0 Å². The molecule has 1 heterocycles. The molecule has 2 rings (SSSR count). The summed E-state index contributed by atoms with van der Waals surface area (Å²) in [5.41, 5.74) is 0.603. The highest BCUT2D eigenvalue weighted by atomic mass is 19.1. The number of ether oxygens (including phenoxy) is 2. The van der Waals surface area contributed by atoms with Crippen molar-refractivity contribution < 1.29 is 18.7 Å². The minimum Gasteiger partial charge on any atom is -0.497 e. The van der Waals surface area contributed by atoms with Gasteiger partial charge in [0.1, 0.15) is 5.75 Å². The third-order valence-corrected chi connectivity index (χ3v) is 2.46. The van der Waals surface area contributed by atoms with Crippen LogP contribution in [0, 0.1) is 5.95 Å². The van der Waals surface area contributed by atoms with Crippen LogP contribution in [0.1, 0.15) is 0 Å². The van der Waals surface area contributed by atoms with Gasteiger partial charge in [-0.2, -0.15) is 4.39 Å². The van der Waals surface area contributed by atoms with Crippen molar-refractivity contribution >= 4 is 11.6 Å². The zero-order valence-electron chi connectivity index (χ0n) is 10.8. The Labute approximate surface area is 115 Å². The highest BCUT2D eigenvalue weighted by molar-refractivity contribution is 5.91. The summed E-state index contributed by atoms with van der Waals surface area (Å²) in [6.45, 7) is -0.297. The normalized spacial score (nSPS) is 9.90. The first-order valence-corrected chi connectivity index (χ1v) is 5.86. The molecule has 0 aliphatic rings. The molecule has 0 unspecified atom stereocenters. The largest absolute Gasteiger partial charge is 0.497 e. The third-order valence-electron chi connectivity index (χ3n) is 2.46. The van der Waals surface area contributed by atoms with Crippen LogP contribution in [0.3, 0.4) is 0 Å². The molecule has 0 spiro atoms. The Hall–Kier alpha value is -2.63. The Morgan fingerprint density at radius 1 is 1.30 bits per heavy atom. The molecular formula is C14H13FN2O3. The molecule has 104 valence electrons. The number of aromatic nitrogens is 1. The fourth-order valence-electron chi connectivity index (χ4n) is 1.49. The van der Waals surface area contributed by atoms with E-state index in [0.717, 1.165) is 0 Å². The molecule has 1 N–H and O–H groups in total. The maximum atomic E-state index is 13.2. The van der Waals surface area contributed by atoms with Gasteiger partial charge in [0.05, 0.1) is 7.11 Å². The maximum Gasteiger partial charge on any atom is 0.262 e. The zero-order valence-corrected chi connectivity index (χ0v) is 10.8. The van der Waals surface area contributed by atoms with Gasteiger partial charge in [-0.15, -0.1) is 0 Å². The molecule has 20 heavy (non-hydrogen) atoms. The van der Waals surface area contributed by atoms with Gasteiger partial charge in [0, 0.05) is 11.9 Å². The molecule has 2 aromatic rings. The minimum atomic E-state index is -0.746. The number of benzene rings is 1. The fourth-order valence-corrected chi connectivity index (χ4v) is 1.49. The number of nitrogens with zero attached hydrogens (tertiary/aromatic N) is 1. The van der Waals surface area contributed by atoms with Crippen molar-refractivity contribution in [2.24, 2.45) is 0 Å². The molecule has 0 atom stereocenters. The van der Waals surface area contributed by atoms with Crippen LogP contribution in [0.15, 0.2) is 42.6 Å². The van der Waals surface area contributed by atoms with Gasteiger partial charge in [-0.3, -0.25) is 4.79 Å². The van der Waals surface area contributed by atoms with Crippen LogP contribution in [-0.4, -0.2) is 24.6 Å². The lowest BCUT2D eigenvalue weighted by Gasteiger charge is -2.08. The van der Waals surface area contributed by atoms with Gasteiger partial charge in [-0.05, 0) is 36.4 Å². The topological polar surface area (TPSA) is 60.5 Å². The van der Waals surface area contributed by atoms with E-state index < -0.39 is 11.9 Å². The van der Waals surface area contributed by atoms with Gasteiger partial charge in [0.25, 0.3) is 11.9 Å². The van der Waals surface area contributed by atoms with Crippen molar-refractivity contribution in [3.8, 4) is 11.5 Å². The molecule has 1 aromatic carbocycles. The standard InChI is InChI=1S/C14H13FN2O3/c1-19-11-6-4-10(5-7-11)17-13(18)9-20-12-3-2-8-16-14(12)15/h2-8H,9H2,1H3,(H,17,18). The average Bonchev–Trinajstić information content (AvgIpc) is 2.47. The number of pyridine rings is 1. The summed E-state index contributed by atoms with van der Waals surface area (Å²) in [5.74, 6) is -0.503. The summed E-state index contributed by atoms with van der Waals surface area (Å²) in [5, 5.41) is 2.62. The molecule has 0 fully saturated rings. The van der Waals surface area contributed by atoms with Crippen molar-refractivity contribution in [3.63, 3.8) is 0 Å². The zero-order chi connectivity index (χ0) is 14.4. The summed E-state index contributed by atoms with van der Waals surface area (Å²) < 4.78 is 23.2. The Morgan fingerprint density at radius 2 is 2.05 bits per heavy atom. The van der Waals surface area contributed by atoms with E-state index in [2.05, 4.69) is 10.3 Å². The molecule has 5 nitrogen and oxygen atoms in total. The minimum absolute atomic E-state index is 0.0580. The second-order valence-corrected chi connectivity index (χ2v) is 3.86. The summed E-state index contributed by atoms with van der Waals surface area (Å²) in [4.78, 5) is 15.1. The van der Waals surface area contributed by atoms with Gasteiger partial charge in [-0.1, -0.05) is 0 Å². The van der Waals surface area contributed by atoms with Gasteiger partial charge < -0.3 is 14.8 Å². The Bertz CT molecular complexity index is 587. The van der Waals surface area contributed by atoms with E-state index in [1.165, 1.54) is 18.3 Å². The number of carbonyl (C=O) groups is 1. The van der Waals surface area contributed by atoms with Gasteiger partial charge in [0.15, 0.2) is 12.4 Å². The average molecular weight is 276 g/mol. The second kappa shape index (κ2) is 6.51. The van der Waals surface area contributed by atoms with E-state index in [1.54, 1.807) is 31.4 Å². The molecule has 0 aliphatic carbocycles. The molecule has 0 radical (unpaired) electrons. The maximum absolute atomic E-state index is 13.2. The summed E-state index contributed by atoms with van der Waals surface area (Å²) in [7, 11) is 1.56. The van der Waals surface area contributed by atoms with Crippen LogP contribution in [0.5, 0.6) is 11.5 Å². The lowest BCUT2D eigenvalue weighted by Crippen LogP contribution is -2.20. The number of amides is 1. The van der Waals surface area contributed by atoms with Crippen LogP contribution in [-0.2, 0) is 4.79 Å². The van der Waals surface area contributed by atoms with E-state index in [-0.39, 0.29) is 12.4 Å². The lowest BCUT2D eigenvalue weighted by molar-refractivity contribution is -0.118. The van der Waals surface area contributed by atoms with E-state index in [1.807, 2.05) is 0 Å². The number of anilines is 1. The quantitative estimate of drug-likeness (QED) is 0.851. The van der Waals surface area contributed by atoms with Crippen LogP contribution in [0.2, 0.25) is 0 Å². The monoisotopic (exact) mass is 276 g/mol. The Balaban J connectivity index is 1.87. The first-order chi connectivity index (χ1) is 9.69. The predicted molar refractivity (Wildman–Crippen MR) is 71.3 cm³/mol. The molecular weight excluding hydrogens is 263 g/mol. The van der Waals surface area contributed by atoms with Crippen LogP contribution in [0.25, 0.3) is 0 Å². The highest BCUT2D eigenvalue weighted by Gasteiger charge is 2.07. The molecule has 0 aliphatic heterocycles. The fraction of sp³-hybridized carbons (Fsp3) is 0.143. The molecule has 0 saturated carbocycles. The van der Waals surface area contributed by atoms with Crippen LogP contribution in [0.4, 0.5) is 10.1 Å². The number of nitrogens with one attached hydrogen (secondary N) is 1. The molecule has 1 amide bonds.